The van der Waals surface area contributed by atoms with E-state index in [0.29, 0.717) is 0 Å². The van der Waals surface area contributed by atoms with Gasteiger partial charge in [0.25, 0.3) is 11.6 Å². The van der Waals surface area contributed by atoms with E-state index in [9.17, 15) is 19.3 Å². The minimum atomic E-state index is -0.562. The number of benzene rings is 2. The average molecular weight is 416 g/mol. The molecule has 0 aliphatic rings. The van der Waals surface area contributed by atoms with Crippen LogP contribution in [-0.2, 0) is 4.79 Å². The molecule has 2 aromatic carbocycles. The summed E-state index contributed by atoms with van der Waals surface area (Å²) in [6.07, 6.45) is 0. The van der Waals surface area contributed by atoms with Gasteiger partial charge in [-0.2, -0.15) is 0 Å². The Hall–Kier alpha value is -3.46. The first-order valence-corrected chi connectivity index (χ1v) is 9.39. The minimum Gasteiger partial charge on any atom is -0.493 e. The molecule has 0 aliphatic carbocycles. The molecular formula is C20H17FN2O5S. The van der Waals surface area contributed by atoms with E-state index in [4.69, 9.17) is 9.47 Å². The normalized spacial score (nSPS) is 11.5. The first kappa shape index (κ1) is 20.3. The lowest BCUT2D eigenvalue weighted by Gasteiger charge is -2.18. The van der Waals surface area contributed by atoms with Gasteiger partial charge in [0.05, 0.1) is 24.1 Å². The summed E-state index contributed by atoms with van der Waals surface area (Å²) >= 11 is 1.45. The maximum absolute atomic E-state index is 13.3. The number of rotatable bonds is 8. The summed E-state index contributed by atoms with van der Waals surface area (Å²) in [5, 5.41) is 15.7. The van der Waals surface area contributed by atoms with Crippen LogP contribution >= 0.6 is 11.3 Å². The molecular weight excluding hydrogens is 399 g/mol. The summed E-state index contributed by atoms with van der Waals surface area (Å²) in [6.45, 7) is -0.374. The van der Waals surface area contributed by atoms with Crippen molar-refractivity contribution in [2.24, 2.45) is 0 Å². The van der Waals surface area contributed by atoms with Gasteiger partial charge >= 0.3 is 0 Å². The fourth-order valence-corrected chi connectivity index (χ4v) is 3.47. The van der Waals surface area contributed by atoms with Gasteiger partial charge in [-0.1, -0.05) is 18.2 Å². The Morgan fingerprint density at radius 3 is 2.59 bits per heavy atom. The van der Waals surface area contributed by atoms with Crippen molar-refractivity contribution in [2.75, 3.05) is 13.7 Å². The molecule has 1 heterocycles. The lowest BCUT2D eigenvalue weighted by molar-refractivity contribution is -0.385. The summed E-state index contributed by atoms with van der Waals surface area (Å²) in [4.78, 5) is 23.8. The Labute approximate surface area is 169 Å². The number of nitro benzene ring substituents is 1. The Morgan fingerprint density at radius 2 is 1.97 bits per heavy atom. The summed E-state index contributed by atoms with van der Waals surface area (Å²) in [5.74, 6) is -0.449. The maximum atomic E-state index is 13.3. The van der Waals surface area contributed by atoms with Crippen LogP contribution in [0.5, 0.6) is 11.5 Å². The molecule has 0 radical (unpaired) electrons. The van der Waals surface area contributed by atoms with Gasteiger partial charge in [-0.15, -0.1) is 11.3 Å². The van der Waals surface area contributed by atoms with Crippen LogP contribution in [0.1, 0.15) is 16.5 Å². The van der Waals surface area contributed by atoms with Crippen molar-refractivity contribution >= 4 is 22.9 Å². The Balaban J connectivity index is 1.73. The second-order valence-electron chi connectivity index (χ2n) is 5.95. The van der Waals surface area contributed by atoms with E-state index in [0.717, 1.165) is 10.4 Å². The first-order valence-electron chi connectivity index (χ1n) is 8.51. The van der Waals surface area contributed by atoms with Crippen molar-refractivity contribution in [3.05, 3.63) is 86.3 Å². The SMILES string of the molecule is COc1ccc([N+](=O)[O-])cc1OCC(=O)NC(c1ccc(F)cc1)c1cccs1. The van der Waals surface area contributed by atoms with E-state index in [1.54, 1.807) is 12.1 Å². The van der Waals surface area contributed by atoms with E-state index in [1.165, 1.54) is 48.8 Å². The molecule has 1 atom stereocenters. The number of non-ortho nitro benzene ring substituents is 1. The molecule has 0 aliphatic heterocycles. The number of methoxy groups -OCH3 is 1. The molecule has 9 heteroatoms. The van der Waals surface area contributed by atoms with E-state index in [1.807, 2.05) is 17.5 Å². The molecule has 3 aromatic rings. The predicted molar refractivity (Wildman–Crippen MR) is 106 cm³/mol. The number of nitrogens with zero attached hydrogens (tertiary/aromatic N) is 1. The van der Waals surface area contributed by atoms with E-state index in [-0.39, 0.29) is 29.6 Å². The zero-order chi connectivity index (χ0) is 20.8. The van der Waals surface area contributed by atoms with Crippen LogP contribution in [0.15, 0.2) is 60.0 Å². The number of hydrogen-bond acceptors (Lipinski definition) is 6. The Morgan fingerprint density at radius 1 is 1.21 bits per heavy atom. The zero-order valence-corrected chi connectivity index (χ0v) is 16.1. The quantitative estimate of drug-likeness (QED) is 0.441. The number of carbonyl (C=O) groups excluding carboxylic acids is 1. The molecule has 1 amide bonds. The van der Waals surface area contributed by atoms with Gasteiger partial charge < -0.3 is 14.8 Å². The largest absolute Gasteiger partial charge is 0.493 e. The van der Waals surface area contributed by atoms with Crippen LogP contribution in [-0.4, -0.2) is 24.5 Å². The average Bonchev–Trinajstić information content (AvgIpc) is 3.25. The highest BCUT2D eigenvalue weighted by atomic mass is 32.1. The first-order chi connectivity index (χ1) is 14.0. The fraction of sp³-hybridized carbons (Fsp3) is 0.150. The maximum Gasteiger partial charge on any atom is 0.273 e. The van der Waals surface area contributed by atoms with Gasteiger partial charge in [0, 0.05) is 10.9 Å². The highest BCUT2D eigenvalue weighted by molar-refractivity contribution is 7.10. The molecule has 0 saturated heterocycles. The van der Waals surface area contributed by atoms with Gasteiger partial charge in [0.15, 0.2) is 18.1 Å². The number of hydrogen-bond donors (Lipinski definition) is 1. The molecule has 3 rings (SSSR count). The van der Waals surface area contributed by atoms with E-state index < -0.39 is 16.9 Å². The topological polar surface area (TPSA) is 90.7 Å². The smallest absolute Gasteiger partial charge is 0.273 e. The lowest BCUT2D eigenvalue weighted by Crippen LogP contribution is -2.33. The number of thiophene rings is 1. The monoisotopic (exact) mass is 416 g/mol. The van der Waals surface area contributed by atoms with E-state index >= 15 is 0 Å². The second-order valence-corrected chi connectivity index (χ2v) is 6.93. The number of carbonyl (C=O) groups is 1. The molecule has 1 N–H and O–H groups in total. The molecule has 0 fully saturated rings. The van der Waals surface area contributed by atoms with Crippen LogP contribution in [0.25, 0.3) is 0 Å². The third kappa shape index (κ3) is 5.08. The van der Waals surface area contributed by atoms with E-state index in [2.05, 4.69) is 5.32 Å². The van der Waals surface area contributed by atoms with Crippen LogP contribution in [0, 0.1) is 15.9 Å². The van der Waals surface area contributed by atoms with Crippen molar-refractivity contribution in [1.29, 1.82) is 0 Å². The summed E-state index contributed by atoms with van der Waals surface area (Å²) in [6, 6.07) is 13.0. The summed E-state index contributed by atoms with van der Waals surface area (Å²) in [7, 11) is 1.40. The van der Waals surface area contributed by atoms with Crippen LogP contribution in [0.2, 0.25) is 0 Å². The number of ether oxygens (including phenoxy) is 2. The van der Waals surface area contributed by atoms with Crippen LogP contribution in [0.3, 0.4) is 0 Å². The zero-order valence-electron chi connectivity index (χ0n) is 15.3. The Bertz CT molecular complexity index is 993. The summed E-state index contributed by atoms with van der Waals surface area (Å²) < 4.78 is 23.8. The highest BCUT2D eigenvalue weighted by Crippen LogP contribution is 2.31. The Kier molecular flexibility index (Phi) is 6.40. The standard InChI is InChI=1S/C20H17FN2O5S/c1-27-16-9-8-15(23(25)26)11-17(16)28-12-19(24)22-20(18-3-2-10-29-18)13-4-6-14(21)7-5-13/h2-11,20H,12H2,1H3,(H,22,24). The highest BCUT2D eigenvalue weighted by Gasteiger charge is 2.19. The van der Waals surface area contributed by atoms with Crippen molar-refractivity contribution < 1.29 is 23.6 Å². The van der Waals surface area contributed by atoms with Crippen molar-refractivity contribution in [3.63, 3.8) is 0 Å². The molecule has 29 heavy (non-hydrogen) atoms. The predicted octanol–water partition coefficient (Wildman–Crippen LogP) is 4.09. The summed E-state index contributed by atoms with van der Waals surface area (Å²) in [5.41, 5.74) is 0.541. The third-order valence-corrected chi connectivity index (χ3v) is 4.99. The number of halogens is 1. The van der Waals surface area contributed by atoms with Gasteiger partial charge in [0.2, 0.25) is 0 Å². The van der Waals surface area contributed by atoms with Crippen LogP contribution < -0.4 is 14.8 Å². The van der Waals surface area contributed by atoms with Crippen molar-refractivity contribution in [3.8, 4) is 11.5 Å². The molecule has 1 unspecified atom stereocenters. The van der Waals surface area contributed by atoms with Gasteiger partial charge in [-0.05, 0) is 35.2 Å². The third-order valence-electron chi connectivity index (χ3n) is 4.05. The van der Waals surface area contributed by atoms with Crippen molar-refractivity contribution in [1.82, 2.24) is 5.32 Å². The van der Waals surface area contributed by atoms with Crippen molar-refractivity contribution in [2.45, 2.75) is 6.04 Å². The number of amides is 1. The lowest BCUT2D eigenvalue weighted by atomic mass is 10.1. The van der Waals surface area contributed by atoms with Crippen LogP contribution in [0.4, 0.5) is 10.1 Å². The molecule has 0 saturated carbocycles. The number of nitrogens with one attached hydrogen (secondary N) is 1. The fourth-order valence-electron chi connectivity index (χ4n) is 2.67. The van der Waals surface area contributed by atoms with Gasteiger partial charge in [-0.3, -0.25) is 14.9 Å². The minimum absolute atomic E-state index is 0.0892. The van der Waals surface area contributed by atoms with Gasteiger partial charge in [0.1, 0.15) is 5.82 Å². The van der Waals surface area contributed by atoms with Gasteiger partial charge in [-0.25, -0.2) is 4.39 Å². The molecule has 0 bridgehead atoms. The molecule has 0 spiro atoms. The molecule has 7 nitrogen and oxygen atoms in total. The number of nitro groups is 1. The molecule has 150 valence electrons. The molecule has 1 aromatic heterocycles. The second kappa shape index (κ2) is 9.16.